The van der Waals surface area contributed by atoms with E-state index in [1.807, 2.05) is 36.4 Å². The minimum absolute atomic E-state index is 0.163. The van der Waals surface area contributed by atoms with Gasteiger partial charge in [-0.2, -0.15) is 5.10 Å². The number of aromatic nitrogens is 1. The van der Waals surface area contributed by atoms with Crippen LogP contribution in [0.3, 0.4) is 0 Å². The lowest BCUT2D eigenvalue weighted by atomic mass is 9.99. The Morgan fingerprint density at radius 2 is 1.74 bits per heavy atom. The van der Waals surface area contributed by atoms with Gasteiger partial charge in [0, 0.05) is 32.1 Å². The van der Waals surface area contributed by atoms with Gasteiger partial charge in [-0.1, -0.05) is 78.1 Å². The summed E-state index contributed by atoms with van der Waals surface area (Å²) in [4.78, 5) is 29.3. The van der Waals surface area contributed by atoms with E-state index in [-0.39, 0.29) is 22.1 Å². The third-order valence-corrected chi connectivity index (χ3v) is 7.47. The van der Waals surface area contributed by atoms with Gasteiger partial charge in [0.15, 0.2) is 11.5 Å². The first-order valence-corrected chi connectivity index (χ1v) is 14.0. The van der Waals surface area contributed by atoms with Crippen molar-refractivity contribution in [1.29, 1.82) is 0 Å². The quantitative estimate of drug-likeness (QED) is 0.0789. The van der Waals surface area contributed by atoms with Crippen LogP contribution in [0.1, 0.15) is 38.9 Å². The van der Waals surface area contributed by atoms with Gasteiger partial charge in [0.05, 0.1) is 23.9 Å². The van der Waals surface area contributed by atoms with Gasteiger partial charge >= 0.3 is 5.97 Å². The second-order valence-electron chi connectivity index (χ2n) is 9.17. The number of H-pyrrole nitrogens is 1. The molecule has 0 bridgehead atoms. The molecule has 5 rings (SSSR count). The molecule has 0 atom stereocenters. The van der Waals surface area contributed by atoms with Crippen LogP contribution in [-0.4, -0.2) is 30.2 Å². The van der Waals surface area contributed by atoms with Crippen LogP contribution in [0.2, 0.25) is 15.1 Å². The number of ether oxygens (including phenoxy) is 2. The van der Waals surface area contributed by atoms with E-state index in [2.05, 4.69) is 22.4 Å². The smallest absolute Gasteiger partial charge is 0.345 e. The van der Waals surface area contributed by atoms with E-state index in [1.165, 1.54) is 25.5 Å². The van der Waals surface area contributed by atoms with E-state index >= 15 is 0 Å². The summed E-state index contributed by atoms with van der Waals surface area (Å²) in [5, 5.41) is 6.15. The van der Waals surface area contributed by atoms with E-state index in [0.717, 1.165) is 28.5 Å². The number of carbonyl (C=O) groups is 2. The molecule has 0 aliphatic carbocycles. The van der Waals surface area contributed by atoms with Crippen molar-refractivity contribution in [2.75, 3.05) is 7.11 Å². The van der Waals surface area contributed by atoms with Gasteiger partial charge in [0.1, 0.15) is 5.69 Å². The highest BCUT2D eigenvalue weighted by atomic mass is 35.5. The highest BCUT2D eigenvalue weighted by Gasteiger charge is 2.22. The molecule has 212 valence electrons. The normalized spacial score (nSPS) is 11.2. The number of hydrogen-bond donors (Lipinski definition) is 2. The van der Waals surface area contributed by atoms with Crippen molar-refractivity contribution >= 4 is 63.8 Å². The van der Waals surface area contributed by atoms with Crippen molar-refractivity contribution in [2.24, 2.45) is 5.10 Å². The van der Waals surface area contributed by atoms with E-state index in [4.69, 9.17) is 44.3 Å². The summed E-state index contributed by atoms with van der Waals surface area (Å²) in [6.45, 7) is 2.06. The summed E-state index contributed by atoms with van der Waals surface area (Å²) in [6.07, 6.45) is 2.25. The third kappa shape index (κ3) is 5.99. The zero-order valence-corrected chi connectivity index (χ0v) is 24.8. The Hall–Kier alpha value is -4.30. The Bertz CT molecular complexity index is 1850. The monoisotopic (exact) mass is 619 g/mol. The molecular weight excluding hydrogens is 597 g/mol. The average Bonchev–Trinajstić information content (AvgIpc) is 3.37. The molecule has 0 aliphatic heterocycles. The van der Waals surface area contributed by atoms with Gasteiger partial charge in [-0.25, -0.2) is 10.2 Å². The SMILES string of the molecule is CCc1cccc2c(-c3ccccc3Cl)c(C(=O)NN=Cc3ccc(OC(=O)c4ccc(Cl)cc4Cl)c(OC)c3)[nH]c12. The van der Waals surface area contributed by atoms with E-state index < -0.39 is 11.9 Å². The first kappa shape index (κ1) is 29.2. The summed E-state index contributed by atoms with van der Waals surface area (Å²) >= 11 is 18.6. The molecule has 1 aromatic heterocycles. The minimum Gasteiger partial charge on any atom is -0.493 e. The van der Waals surface area contributed by atoms with Crippen molar-refractivity contribution in [3.8, 4) is 22.6 Å². The number of halogens is 3. The molecule has 1 heterocycles. The molecule has 0 unspecified atom stereocenters. The van der Waals surface area contributed by atoms with Crippen LogP contribution in [0.4, 0.5) is 0 Å². The van der Waals surface area contributed by atoms with Crippen LogP contribution >= 0.6 is 34.8 Å². The summed E-state index contributed by atoms with van der Waals surface area (Å²) in [6, 6.07) is 22.7. The molecule has 7 nitrogen and oxygen atoms in total. The van der Waals surface area contributed by atoms with Gasteiger partial charge in [-0.05, 0) is 60.0 Å². The van der Waals surface area contributed by atoms with Crippen LogP contribution in [0.15, 0.2) is 84.0 Å². The third-order valence-electron chi connectivity index (χ3n) is 6.59. The number of hydrogen-bond acceptors (Lipinski definition) is 5. The van der Waals surface area contributed by atoms with Gasteiger partial charge in [0.2, 0.25) is 0 Å². The molecule has 0 spiro atoms. The Morgan fingerprint density at radius 1 is 0.929 bits per heavy atom. The molecule has 5 aromatic rings. The number of esters is 1. The lowest BCUT2D eigenvalue weighted by Gasteiger charge is -2.10. The van der Waals surface area contributed by atoms with Crippen LogP contribution in [-0.2, 0) is 6.42 Å². The lowest BCUT2D eigenvalue weighted by molar-refractivity contribution is 0.0729. The standard InChI is InChI=1S/C32H24Cl3N3O4/c1-3-19-7-6-9-23-28(21-8-4-5-10-24(21)34)30(37-29(19)23)31(39)38-36-17-18-11-14-26(27(15-18)41-2)42-32(40)22-13-12-20(33)16-25(22)35/h4-17,37H,3H2,1-2H3,(H,38,39). The average molecular weight is 621 g/mol. The summed E-state index contributed by atoms with van der Waals surface area (Å²) in [7, 11) is 1.45. The van der Waals surface area contributed by atoms with Crippen LogP contribution in [0.5, 0.6) is 11.5 Å². The van der Waals surface area contributed by atoms with Crippen LogP contribution in [0, 0.1) is 0 Å². The van der Waals surface area contributed by atoms with Gasteiger partial charge in [-0.15, -0.1) is 0 Å². The zero-order chi connectivity index (χ0) is 29.8. The van der Waals surface area contributed by atoms with Gasteiger partial charge < -0.3 is 14.5 Å². The number of para-hydroxylation sites is 1. The topological polar surface area (TPSA) is 92.8 Å². The number of nitrogens with one attached hydrogen (secondary N) is 2. The number of fused-ring (bicyclic) bond motifs is 1. The van der Waals surface area contributed by atoms with Crippen molar-refractivity contribution < 1.29 is 19.1 Å². The molecule has 1 amide bonds. The maximum Gasteiger partial charge on any atom is 0.345 e. The number of benzene rings is 4. The minimum atomic E-state index is -0.664. The highest BCUT2D eigenvalue weighted by molar-refractivity contribution is 6.36. The molecule has 0 aliphatic rings. The molecule has 2 N–H and O–H groups in total. The maximum absolute atomic E-state index is 13.4. The zero-order valence-electron chi connectivity index (χ0n) is 22.5. The van der Waals surface area contributed by atoms with Gasteiger partial charge in [0.25, 0.3) is 5.91 Å². The molecular formula is C32H24Cl3N3O4. The molecule has 0 saturated heterocycles. The number of methoxy groups -OCH3 is 1. The Balaban J connectivity index is 1.38. The van der Waals surface area contributed by atoms with Crippen LogP contribution in [0.25, 0.3) is 22.0 Å². The summed E-state index contributed by atoms with van der Waals surface area (Å²) < 4.78 is 10.9. The molecule has 42 heavy (non-hydrogen) atoms. The fourth-order valence-electron chi connectivity index (χ4n) is 4.57. The predicted molar refractivity (Wildman–Crippen MR) is 168 cm³/mol. The molecule has 0 fully saturated rings. The fraction of sp³-hybridized carbons (Fsp3) is 0.0938. The maximum atomic E-state index is 13.4. The molecule has 0 saturated carbocycles. The number of nitrogens with zero attached hydrogens (tertiary/aromatic N) is 1. The largest absolute Gasteiger partial charge is 0.493 e. The van der Waals surface area contributed by atoms with E-state index in [1.54, 1.807) is 30.3 Å². The number of carbonyl (C=O) groups excluding carboxylic acids is 2. The number of amides is 1. The first-order chi connectivity index (χ1) is 20.3. The van der Waals surface area contributed by atoms with Crippen molar-refractivity contribution in [3.63, 3.8) is 0 Å². The Kier molecular flexibility index (Phi) is 8.83. The molecule has 4 aromatic carbocycles. The lowest BCUT2D eigenvalue weighted by Crippen LogP contribution is -2.19. The van der Waals surface area contributed by atoms with Gasteiger partial charge in [-0.3, -0.25) is 4.79 Å². The predicted octanol–water partition coefficient (Wildman–Crippen LogP) is 8.35. The molecule has 0 radical (unpaired) electrons. The Labute approximate surface area is 257 Å². The van der Waals surface area contributed by atoms with Crippen molar-refractivity contribution in [2.45, 2.75) is 13.3 Å². The molecule has 10 heteroatoms. The van der Waals surface area contributed by atoms with Crippen molar-refractivity contribution in [3.05, 3.63) is 116 Å². The van der Waals surface area contributed by atoms with E-state index in [0.29, 0.717) is 26.9 Å². The highest BCUT2D eigenvalue weighted by Crippen LogP contribution is 2.38. The summed E-state index contributed by atoms with van der Waals surface area (Å²) in [5.74, 6) is -0.629. The van der Waals surface area contributed by atoms with Crippen LogP contribution < -0.4 is 14.9 Å². The number of hydrazone groups is 1. The Morgan fingerprint density at radius 3 is 2.48 bits per heavy atom. The number of rotatable bonds is 8. The number of aromatic amines is 1. The van der Waals surface area contributed by atoms with E-state index in [9.17, 15) is 9.59 Å². The summed E-state index contributed by atoms with van der Waals surface area (Å²) in [5.41, 5.74) is 7.09. The number of aryl methyl sites for hydroxylation is 1. The second kappa shape index (κ2) is 12.7. The second-order valence-corrected chi connectivity index (χ2v) is 10.4. The fourth-order valence-corrected chi connectivity index (χ4v) is 5.28. The first-order valence-electron chi connectivity index (χ1n) is 12.9. The van der Waals surface area contributed by atoms with Crippen molar-refractivity contribution in [1.82, 2.24) is 10.4 Å².